The number of nitrogens with two attached hydrogens (primary N) is 1. The maximum absolute atomic E-state index is 11.8. The Kier molecular flexibility index (Phi) is 3.76. The third kappa shape index (κ3) is 2.42. The van der Waals surface area contributed by atoms with Crippen LogP contribution in [0.25, 0.3) is 11.1 Å². The van der Waals surface area contributed by atoms with Crippen molar-refractivity contribution in [3.05, 3.63) is 34.7 Å². The Hall–Kier alpha value is -2.01. The Morgan fingerprint density at radius 3 is 2.37 bits per heavy atom. The fraction of sp³-hybridized carbons (Fsp3) is 0.214. The lowest BCUT2D eigenvalue weighted by atomic mass is 10.0. The van der Waals surface area contributed by atoms with E-state index in [0.29, 0.717) is 10.6 Å². The minimum atomic E-state index is -0.410. The number of methoxy groups -OCH3 is 2. The number of thiophene rings is 1. The van der Waals surface area contributed by atoms with Gasteiger partial charge in [-0.3, -0.25) is 0 Å². The van der Waals surface area contributed by atoms with Crippen molar-refractivity contribution in [1.82, 2.24) is 0 Å². The summed E-state index contributed by atoms with van der Waals surface area (Å²) in [5, 5.41) is 0.482. The summed E-state index contributed by atoms with van der Waals surface area (Å²) in [5.74, 6) is 0.358. The van der Waals surface area contributed by atoms with E-state index < -0.39 is 5.97 Å². The van der Waals surface area contributed by atoms with Crippen LogP contribution in [-0.2, 0) is 4.74 Å². The molecule has 0 amide bonds. The molecule has 4 nitrogen and oxygen atoms in total. The number of benzene rings is 1. The van der Waals surface area contributed by atoms with Gasteiger partial charge in [-0.1, -0.05) is 12.1 Å². The van der Waals surface area contributed by atoms with E-state index in [4.69, 9.17) is 15.2 Å². The summed E-state index contributed by atoms with van der Waals surface area (Å²) in [7, 11) is 2.97. The molecule has 2 N–H and O–H groups in total. The van der Waals surface area contributed by atoms with Crippen LogP contribution in [0.5, 0.6) is 5.75 Å². The molecule has 0 aliphatic carbocycles. The second-order valence-corrected chi connectivity index (χ2v) is 5.25. The maximum atomic E-state index is 11.8. The van der Waals surface area contributed by atoms with Gasteiger partial charge in [0.25, 0.3) is 0 Å². The molecule has 100 valence electrons. The van der Waals surface area contributed by atoms with E-state index in [1.807, 2.05) is 31.2 Å². The van der Waals surface area contributed by atoms with Crippen molar-refractivity contribution < 1.29 is 14.3 Å². The van der Waals surface area contributed by atoms with Gasteiger partial charge in [0.05, 0.1) is 14.2 Å². The van der Waals surface area contributed by atoms with Crippen LogP contribution in [0.2, 0.25) is 0 Å². The molecule has 0 fully saturated rings. The number of hydrogen-bond donors (Lipinski definition) is 1. The summed E-state index contributed by atoms with van der Waals surface area (Å²) in [5.41, 5.74) is 8.10. The van der Waals surface area contributed by atoms with Crippen molar-refractivity contribution in [3.63, 3.8) is 0 Å². The van der Waals surface area contributed by atoms with Crippen LogP contribution in [0.4, 0.5) is 5.00 Å². The molecular weight excluding hydrogens is 262 g/mol. The summed E-state index contributed by atoms with van der Waals surface area (Å²) in [6, 6.07) is 7.51. The predicted molar refractivity (Wildman–Crippen MR) is 76.8 cm³/mol. The van der Waals surface area contributed by atoms with Crippen LogP contribution in [0.1, 0.15) is 15.2 Å². The van der Waals surface area contributed by atoms with Crippen LogP contribution in [0, 0.1) is 6.92 Å². The molecule has 0 aliphatic heterocycles. The second kappa shape index (κ2) is 5.32. The number of anilines is 1. The highest BCUT2D eigenvalue weighted by atomic mass is 32.1. The maximum Gasteiger partial charge on any atom is 0.341 e. The summed E-state index contributed by atoms with van der Waals surface area (Å²) < 4.78 is 9.93. The number of nitrogen functional groups attached to an aromatic ring is 1. The Bertz CT molecular complexity index is 602. The fourth-order valence-electron chi connectivity index (χ4n) is 1.98. The van der Waals surface area contributed by atoms with Gasteiger partial charge in [-0.2, -0.15) is 0 Å². The van der Waals surface area contributed by atoms with E-state index in [2.05, 4.69) is 0 Å². The Labute approximate surface area is 115 Å². The summed E-state index contributed by atoms with van der Waals surface area (Å²) >= 11 is 1.39. The van der Waals surface area contributed by atoms with Gasteiger partial charge in [-0.05, 0) is 24.6 Å². The fourth-order valence-corrected chi connectivity index (χ4v) is 2.92. The molecule has 1 aromatic carbocycles. The summed E-state index contributed by atoms with van der Waals surface area (Å²) in [4.78, 5) is 12.8. The first-order valence-corrected chi connectivity index (χ1v) is 6.51. The lowest BCUT2D eigenvalue weighted by molar-refractivity contribution is 0.0603. The van der Waals surface area contributed by atoms with Crippen LogP contribution in [0.15, 0.2) is 24.3 Å². The molecule has 0 saturated carbocycles. The molecule has 0 spiro atoms. The van der Waals surface area contributed by atoms with E-state index in [1.54, 1.807) is 7.11 Å². The minimum Gasteiger partial charge on any atom is -0.497 e. The van der Waals surface area contributed by atoms with Gasteiger partial charge < -0.3 is 15.2 Å². The molecule has 2 aromatic rings. The molecule has 19 heavy (non-hydrogen) atoms. The van der Waals surface area contributed by atoms with Crippen molar-refractivity contribution in [3.8, 4) is 16.9 Å². The number of rotatable bonds is 3. The Balaban J connectivity index is 2.57. The molecule has 5 heteroatoms. The molecule has 1 heterocycles. The first-order valence-electron chi connectivity index (χ1n) is 5.70. The number of carbonyl (C=O) groups excluding carboxylic acids is 1. The van der Waals surface area contributed by atoms with Gasteiger partial charge in [0.1, 0.15) is 16.3 Å². The van der Waals surface area contributed by atoms with Crippen LogP contribution in [-0.4, -0.2) is 20.2 Å². The normalized spacial score (nSPS) is 10.3. The molecule has 0 bridgehead atoms. The molecule has 0 saturated heterocycles. The van der Waals surface area contributed by atoms with Gasteiger partial charge >= 0.3 is 5.97 Å². The summed E-state index contributed by atoms with van der Waals surface area (Å²) in [6.45, 7) is 1.94. The lowest BCUT2D eigenvalue weighted by Crippen LogP contribution is -2.04. The first kappa shape index (κ1) is 13.4. The largest absolute Gasteiger partial charge is 0.497 e. The topological polar surface area (TPSA) is 61.5 Å². The van der Waals surface area contributed by atoms with Gasteiger partial charge in [0, 0.05) is 10.4 Å². The zero-order chi connectivity index (χ0) is 14.0. The molecule has 0 atom stereocenters. The average molecular weight is 277 g/mol. The molecule has 2 rings (SSSR count). The smallest absolute Gasteiger partial charge is 0.341 e. The van der Waals surface area contributed by atoms with Gasteiger partial charge in [0.15, 0.2) is 0 Å². The third-order valence-electron chi connectivity index (χ3n) is 2.88. The molecule has 0 unspecified atom stereocenters. The summed E-state index contributed by atoms with van der Waals surface area (Å²) in [6.07, 6.45) is 0. The van der Waals surface area contributed by atoms with Crippen LogP contribution < -0.4 is 10.5 Å². The van der Waals surface area contributed by atoms with Gasteiger partial charge in [-0.15, -0.1) is 11.3 Å². The lowest BCUT2D eigenvalue weighted by Gasteiger charge is -2.06. The van der Waals surface area contributed by atoms with Crippen molar-refractivity contribution in [2.24, 2.45) is 0 Å². The Morgan fingerprint density at radius 2 is 1.84 bits per heavy atom. The molecular formula is C14H15NO3S. The number of esters is 1. The van der Waals surface area contributed by atoms with Crippen molar-refractivity contribution >= 4 is 22.3 Å². The van der Waals surface area contributed by atoms with Crippen LogP contribution in [0.3, 0.4) is 0 Å². The standard InChI is InChI=1S/C14H15NO3S/c1-8-11(9-4-6-10(17-2)7-5-9)12(13(15)19-8)14(16)18-3/h4-7H,15H2,1-3H3. The Morgan fingerprint density at radius 1 is 1.21 bits per heavy atom. The molecule has 1 aromatic heterocycles. The number of aryl methyl sites for hydroxylation is 1. The first-order chi connectivity index (χ1) is 9.08. The van der Waals surface area contributed by atoms with E-state index in [-0.39, 0.29) is 0 Å². The van der Waals surface area contributed by atoms with Crippen molar-refractivity contribution in [1.29, 1.82) is 0 Å². The highest BCUT2D eigenvalue weighted by Gasteiger charge is 2.22. The van der Waals surface area contributed by atoms with Gasteiger partial charge in [0.2, 0.25) is 0 Å². The van der Waals surface area contributed by atoms with E-state index in [1.165, 1.54) is 18.4 Å². The van der Waals surface area contributed by atoms with Crippen LogP contribution >= 0.6 is 11.3 Å². The van der Waals surface area contributed by atoms with Crippen molar-refractivity contribution in [2.45, 2.75) is 6.92 Å². The monoisotopic (exact) mass is 277 g/mol. The molecule has 0 aliphatic rings. The minimum absolute atomic E-state index is 0.410. The van der Waals surface area contributed by atoms with Gasteiger partial charge in [-0.25, -0.2) is 4.79 Å². The second-order valence-electron chi connectivity index (χ2n) is 3.99. The third-order valence-corrected chi connectivity index (χ3v) is 3.81. The van der Waals surface area contributed by atoms with Crippen molar-refractivity contribution in [2.75, 3.05) is 20.0 Å². The quantitative estimate of drug-likeness (QED) is 0.876. The van der Waals surface area contributed by atoms with E-state index in [9.17, 15) is 4.79 Å². The highest BCUT2D eigenvalue weighted by molar-refractivity contribution is 7.16. The van der Waals surface area contributed by atoms with E-state index >= 15 is 0 Å². The predicted octanol–water partition coefficient (Wildman–Crippen LogP) is 3.10. The average Bonchev–Trinajstić information content (AvgIpc) is 2.72. The SMILES string of the molecule is COC(=O)c1c(N)sc(C)c1-c1ccc(OC)cc1. The number of carbonyl (C=O) groups is 1. The molecule has 0 radical (unpaired) electrons. The number of hydrogen-bond acceptors (Lipinski definition) is 5. The van der Waals surface area contributed by atoms with E-state index in [0.717, 1.165) is 21.8 Å². The number of ether oxygens (including phenoxy) is 2. The zero-order valence-electron chi connectivity index (χ0n) is 11.0. The highest BCUT2D eigenvalue weighted by Crippen LogP contribution is 2.38. The zero-order valence-corrected chi connectivity index (χ0v) is 11.8.